The third kappa shape index (κ3) is 4.17. The number of amides is 1. The number of hydrogen-bond donors (Lipinski definition) is 2. The Bertz CT molecular complexity index is 785. The number of aryl methyl sites for hydroxylation is 1. The minimum absolute atomic E-state index is 0.0653. The van der Waals surface area contributed by atoms with E-state index in [1.54, 1.807) is 23.9 Å². The number of sulfonamides is 1. The molecule has 0 aliphatic heterocycles. The van der Waals surface area contributed by atoms with E-state index in [-0.39, 0.29) is 16.8 Å². The lowest BCUT2D eigenvalue weighted by Crippen LogP contribution is -2.36. The molecule has 0 fully saturated rings. The van der Waals surface area contributed by atoms with Gasteiger partial charge in [-0.2, -0.15) is 5.10 Å². The lowest BCUT2D eigenvalue weighted by molar-refractivity contribution is 0.0935. The summed E-state index contributed by atoms with van der Waals surface area (Å²) in [7, 11) is -2.25. The Balaban J connectivity index is 2.17. The molecule has 1 amide bonds. The van der Waals surface area contributed by atoms with Crippen LogP contribution in [0.2, 0.25) is 0 Å². The zero-order valence-corrected chi connectivity index (χ0v) is 14.1. The second-order valence-corrected chi connectivity index (χ2v) is 7.17. The Morgan fingerprint density at radius 2 is 2.13 bits per heavy atom. The monoisotopic (exact) mass is 336 g/mol. The second kappa shape index (κ2) is 6.93. The molecule has 7 nitrogen and oxygen atoms in total. The highest BCUT2D eigenvalue weighted by molar-refractivity contribution is 7.89. The molecule has 0 saturated carbocycles. The Labute approximate surface area is 135 Å². The quantitative estimate of drug-likeness (QED) is 0.820. The number of aromatic nitrogens is 2. The van der Waals surface area contributed by atoms with E-state index in [1.165, 1.54) is 19.2 Å². The van der Waals surface area contributed by atoms with E-state index in [9.17, 15) is 13.2 Å². The summed E-state index contributed by atoms with van der Waals surface area (Å²) in [5, 5.41) is 6.95. The molecule has 1 aromatic carbocycles. The average molecular weight is 336 g/mol. The topological polar surface area (TPSA) is 93.1 Å². The first kappa shape index (κ1) is 17.2. The Morgan fingerprint density at radius 3 is 2.74 bits per heavy atom. The minimum Gasteiger partial charge on any atom is -0.348 e. The zero-order chi connectivity index (χ0) is 17.0. The molecule has 0 spiro atoms. The van der Waals surface area contributed by atoms with Gasteiger partial charge in [0.05, 0.1) is 11.4 Å². The largest absolute Gasteiger partial charge is 0.348 e. The fourth-order valence-corrected chi connectivity index (χ4v) is 2.92. The van der Waals surface area contributed by atoms with Gasteiger partial charge in [0.25, 0.3) is 5.91 Å². The molecule has 23 heavy (non-hydrogen) atoms. The third-order valence-electron chi connectivity index (χ3n) is 3.43. The molecule has 8 heteroatoms. The van der Waals surface area contributed by atoms with E-state index < -0.39 is 10.0 Å². The van der Waals surface area contributed by atoms with Crippen LogP contribution in [-0.4, -0.2) is 37.2 Å². The fraction of sp³-hybridized carbons (Fsp3) is 0.333. The van der Waals surface area contributed by atoms with Crippen molar-refractivity contribution in [2.75, 3.05) is 7.05 Å². The minimum atomic E-state index is -3.58. The molecule has 0 saturated heterocycles. The van der Waals surface area contributed by atoms with Crippen LogP contribution in [0.5, 0.6) is 0 Å². The zero-order valence-electron chi connectivity index (χ0n) is 13.3. The molecule has 2 rings (SSSR count). The number of nitrogens with one attached hydrogen (secondary N) is 2. The van der Waals surface area contributed by atoms with E-state index in [2.05, 4.69) is 15.1 Å². The van der Waals surface area contributed by atoms with Crippen LogP contribution in [0.25, 0.3) is 0 Å². The van der Waals surface area contributed by atoms with Gasteiger partial charge in [-0.25, -0.2) is 13.1 Å². The molecule has 0 bridgehead atoms. The molecule has 0 aliphatic rings. The number of carbonyl (C=O) groups excluding carboxylic acids is 1. The van der Waals surface area contributed by atoms with Crippen LogP contribution in [0.15, 0.2) is 41.6 Å². The molecular weight excluding hydrogens is 316 g/mol. The lowest BCUT2D eigenvalue weighted by atomic mass is 10.1. The summed E-state index contributed by atoms with van der Waals surface area (Å²) < 4.78 is 27.7. The van der Waals surface area contributed by atoms with Gasteiger partial charge >= 0.3 is 0 Å². The molecular formula is C15H20N4O3S. The van der Waals surface area contributed by atoms with Crippen molar-refractivity contribution >= 4 is 15.9 Å². The highest BCUT2D eigenvalue weighted by Crippen LogP contribution is 2.15. The number of nitrogens with zero attached hydrogens (tertiary/aromatic N) is 2. The van der Waals surface area contributed by atoms with E-state index in [0.717, 1.165) is 0 Å². The van der Waals surface area contributed by atoms with Gasteiger partial charge in [-0.3, -0.25) is 9.48 Å². The first-order valence-electron chi connectivity index (χ1n) is 7.16. The molecule has 124 valence electrons. The summed E-state index contributed by atoms with van der Waals surface area (Å²) in [5.74, 6) is -0.310. The summed E-state index contributed by atoms with van der Waals surface area (Å²) in [6.07, 6.45) is 3.48. The van der Waals surface area contributed by atoms with Gasteiger partial charge in [0.1, 0.15) is 0 Å². The molecule has 1 heterocycles. The SMILES string of the molecule is CNS(=O)(=O)c1ccc(C)c(C(=O)NC(C)Cn2cccn2)c1. The van der Waals surface area contributed by atoms with Gasteiger partial charge in [0.2, 0.25) is 10.0 Å². The second-order valence-electron chi connectivity index (χ2n) is 5.29. The Hall–Kier alpha value is -2.19. The summed E-state index contributed by atoms with van der Waals surface area (Å²) in [4.78, 5) is 12.5. The Kier molecular flexibility index (Phi) is 5.17. The maximum absolute atomic E-state index is 12.4. The first-order chi connectivity index (χ1) is 10.8. The first-order valence-corrected chi connectivity index (χ1v) is 8.64. The van der Waals surface area contributed by atoms with E-state index >= 15 is 0 Å². The highest BCUT2D eigenvalue weighted by atomic mass is 32.2. The van der Waals surface area contributed by atoms with Crippen molar-refractivity contribution in [1.29, 1.82) is 0 Å². The molecule has 2 aromatic rings. The molecule has 2 N–H and O–H groups in total. The van der Waals surface area contributed by atoms with Crippen molar-refractivity contribution in [3.8, 4) is 0 Å². The maximum Gasteiger partial charge on any atom is 0.251 e. The van der Waals surface area contributed by atoms with Gasteiger partial charge < -0.3 is 5.32 Å². The van der Waals surface area contributed by atoms with Crippen molar-refractivity contribution in [3.63, 3.8) is 0 Å². The van der Waals surface area contributed by atoms with Crippen molar-refractivity contribution in [3.05, 3.63) is 47.8 Å². The predicted octanol–water partition coefficient (Wildman–Crippen LogP) is 0.918. The smallest absolute Gasteiger partial charge is 0.251 e. The molecule has 1 aromatic heterocycles. The standard InChI is InChI=1S/C15H20N4O3S/c1-11-5-6-13(23(21,22)16-3)9-14(11)15(20)18-12(2)10-19-8-4-7-17-19/h4-9,12,16H,10H2,1-3H3,(H,18,20). The van der Waals surface area contributed by atoms with Gasteiger partial charge in [-0.1, -0.05) is 6.07 Å². The van der Waals surface area contributed by atoms with Gasteiger partial charge in [-0.05, 0) is 44.7 Å². The molecule has 0 radical (unpaired) electrons. The van der Waals surface area contributed by atoms with Crippen LogP contribution in [0.3, 0.4) is 0 Å². The van der Waals surface area contributed by atoms with E-state index in [1.807, 2.05) is 19.2 Å². The summed E-state index contributed by atoms with van der Waals surface area (Å²) in [6.45, 7) is 4.16. The van der Waals surface area contributed by atoms with E-state index in [4.69, 9.17) is 0 Å². The highest BCUT2D eigenvalue weighted by Gasteiger charge is 2.17. The van der Waals surface area contributed by atoms with Gasteiger partial charge in [0, 0.05) is 24.0 Å². The van der Waals surface area contributed by atoms with Crippen LogP contribution in [0.4, 0.5) is 0 Å². The summed E-state index contributed by atoms with van der Waals surface area (Å²) in [5.41, 5.74) is 1.05. The predicted molar refractivity (Wildman–Crippen MR) is 86.6 cm³/mol. The molecule has 1 unspecified atom stereocenters. The van der Waals surface area contributed by atoms with Crippen LogP contribution in [0, 0.1) is 6.92 Å². The molecule has 0 aliphatic carbocycles. The maximum atomic E-state index is 12.4. The third-order valence-corrected chi connectivity index (χ3v) is 4.84. The van der Waals surface area contributed by atoms with Crippen molar-refractivity contribution in [2.24, 2.45) is 0 Å². The van der Waals surface area contributed by atoms with Crippen LogP contribution in [0.1, 0.15) is 22.8 Å². The van der Waals surface area contributed by atoms with Gasteiger partial charge in [0.15, 0.2) is 0 Å². The van der Waals surface area contributed by atoms with E-state index in [0.29, 0.717) is 17.7 Å². The van der Waals surface area contributed by atoms with Crippen LogP contribution >= 0.6 is 0 Å². The average Bonchev–Trinajstić information content (AvgIpc) is 3.00. The molecule has 1 atom stereocenters. The van der Waals surface area contributed by atoms with Crippen molar-refractivity contribution in [1.82, 2.24) is 19.8 Å². The van der Waals surface area contributed by atoms with Crippen LogP contribution in [-0.2, 0) is 16.6 Å². The normalized spacial score (nSPS) is 12.8. The van der Waals surface area contributed by atoms with Gasteiger partial charge in [-0.15, -0.1) is 0 Å². The number of hydrogen-bond acceptors (Lipinski definition) is 4. The lowest BCUT2D eigenvalue weighted by Gasteiger charge is -2.15. The van der Waals surface area contributed by atoms with Crippen molar-refractivity contribution < 1.29 is 13.2 Å². The van der Waals surface area contributed by atoms with Crippen LogP contribution < -0.4 is 10.0 Å². The fourth-order valence-electron chi connectivity index (χ4n) is 2.17. The number of rotatable bonds is 6. The van der Waals surface area contributed by atoms with Crippen molar-refractivity contribution in [2.45, 2.75) is 31.3 Å². The Morgan fingerprint density at radius 1 is 1.39 bits per heavy atom. The number of benzene rings is 1. The summed E-state index contributed by atoms with van der Waals surface area (Å²) in [6, 6.07) is 6.15. The number of carbonyl (C=O) groups is 1. The summed E-state index contributed by atoms with van der Waals surface area (Å²) >= 11 is 0.